The van der Waals surface area contributed by atoms with Crippen molar-refractivity contribution >= 4 is 21.7 Å². The van der Waals surface area contributed by atoms with Crippen LogP contribution in [0.4, 0.5) is 5.82 Å². The van der Waals surface area contributed by atoms with Crippen LogP contribution in [0.2, 0.25) is 0 Å². The van der Waals surface area contributed by atoms with Gasteiger partial charge in [-0.25, -0.2) is 9.97 Å². The Morgan fingerprint density at radius 2 is 2.25 bits per heavy atom. The molecule has 0 aliphatic rings. The zero-order valence-corrected chi connectivity index (χ0v) is 10.4. The fourth-order valence-corrected chi connectivity index (χ4v) is 1.68. The second-order valence-electron chi connectivity index (χ2n) is 3.42. The fraction of sp³-hybridized carbons (Fsp3) is 0.182. The van der Waals surface area contributed by atoms with E-state index in [1.54, 1.807) is 12.5 Å². The van der Waals surface area contributed by atoms with Crippen molar-refractivity contribution in [1.82, 2.24) is 15.0 Å². The molecule has 4 nitrogen and oxygen atoms in total. The van der Waals surface area contributed by atoms with Gasteiger partial charge in [0, 0.05) is 32.1 Å². The lowest BCUT2D eigenvalue weighted by Crippen LogP contribution is -2.17. The Balaban J connectivity index is 2.12. The molecule has 0 aromatic carbocycles. The first kappa shape index (κ1) is 11.0. The summed E-state index contributed by atoms with van der Waals surface area (Å²) in [7, 11) is 1.99. The Labute approximate surface area is 103 Å². The molecule has 0 unspecified atom stereocenters. The van der Waals surface area contributed by atoms with Crippen molar-refractivity contribution in [3.05, 3.63) is 47.1 Å². The molecule has 0 radical (unpaired) electrons. The van der Waals surface area contributed by atoms with Crippen molar-refractivity contribution in [2.75, 3.05) is 11.9 Å². The normalized spacial score (nSPS) is 10.1. The van der Waals surface area contributed by atoms with Gasteiger partial charge in [0.15, 0.2) is 0 Å². The minimum atomic E-state index is 0.775. The van der Waals surface area contributed by atoms with Gasteiger partial charge in [0.05, 0.1) is 0 Å². The number of halogens is 1. The van der Waals surface area contributed by atoms with Gasteiger partial charge in [0.25, 0.3) is 0 Å². The zero-order chi connectivity index (χ0) is 11.4. The minimum Gasteiger partial charge on any atom is -0.355 e. The lowest BCUT2D eigenvalue weighted by atomic mass is 10.3. The van der Waals surface area contributed by atoms with Crippen LogP contribution in [-0.4, -0.2) is 22.0 Å². The van der Waals surface area contributed by atoms with Gasteiger partial charge < -0.3 is 4.90 Å². The van der Waals surface area contributed by atoms with E-state index < -0.39 is 0 Å². The summed E-state index contributed by atoms with van der Waals surface area (Å²) in [6.07, 6.45) is 5.16. The second kappa shape index (κ2) is 5.03. The summed E-state index contributed by atoms with van der Waals surface area (Å²) >= 11 is 3.33. The first-order valence-electron chi connectivity index (χ1n) is 4.83. The van der Waals surface area contributed by atoms with Gasteiger partial charge in [-0.15, -0.1) is 0 Å². The molecule has 0 fully saturated rings. The van der Waals surface area contributed by atoms with Crippen molar-refractivity contribution in [2.45, 2.75) is 6.54 Å². The van der Waals surface area contributed by atoms with Crippen molar-refractivity contribution in [3.63, 3.8) is 0 Å². The highest BCUT2D eigenvalue weighted by molar-refractivity contribution is 9.10. The molecule has 82 valence electrons. The molecule has 2 aromatic rings. The van der Waals surface area contributed by atoms with Crippen LogP contribution in [0.1, 0.15) is 5.56 Å². The fourth-order valence-electron chi connectivity index (χ4n) is 1.38. The maximum Gasteiger partial charge on any atom is 0.133 e. The van der Waals surface area contributed by atoms with Gasteiger partial charge in [0.1, 0.15) is 16.7 Å². The Kier molecular flexibility index (Phi) is 3.46. The highest BCUT2D eigenvalue weighted by Gasteiger charge is 2.04. The summed E-state index contributed by atoms with van der Waals surface area (Å²) in [4.78, 5) is 14.3. The van der Waals surface area contributed by atoms with E-state index in [-0.39, 0.29) is 0 Å². The van der Waals surface area contributed by atoms with Crippen molar-refractivity contribution < 1.29 is 0 Å². The van der Waals surface area contributed by atoms with Crippen LogP contribution in [0.5, 0.6) is 0 Å². The minimum absolute atomic E-state index is 0.775. The summed E-state index contributed by atoms with van der Waals surface area (Å²) in [5.74, 6) is 0.880. The topological polar surface area (TPSA) is 41.9 Å². The molecule has 2 rings (SSSR count). The van der Waals surface area contributed by atoms with Crippen LogP contribution < -0.4 is 4.90 Å². The Morgan fingerprint density at radius 3 is 2.94 bits per heavy atom. The maximum absolute atomic E-state index is 4.20. The van der Waals surface area contributed by atoms with Crippen molar-refractivity contribution in [3.8, 4) is 0 Å². The molecule has 0 spiro atoms. The SMILES string of the molecule is CN(Cc1cccnc1)c1cc(Br)ncn1. The van der Waals surface area contributed by atoms with Crippen LogP contribution >= 0.6 is 15.9 Å². The Bertz CT molecular complexity index is 461. The molecule has 0 amide bonds. The van der Waals surface area contributed by atoms with Gasteiger partial charge in [-0.05, 0) is 27.6 Å². The van der Waals surface area contributed by atoms with Crippen LogP contribution in [0.3, 0.4) is 0 Å². The predicted octanol–water partition coefficient (Wildman–Crippen LogP) is 2.27. The first-order chi connectivity index (χ1) is 7.75. The maximum atomic E-state index is 4.20. The second-order valence-corrected chi connectivity index (χ2v) is 4.23. The van der Waals surface area contributed by atoms with E-state index in [1.165, 1.54) is 0 Å². The molecule has 0 saturated heterocycles. The van der Waals surface area contributed by atoms with Gasteiger partial charge in [-0.3, -0.25) is 4.98 Å². The monoisotopic (exact) mass is 278 g/mol. The Hall–Kier alpha value is -1.49. The van der Waals surface area contributed by atoms with Gasteiger partial charge in [-0.2, -0.15) is 0 Å². The van der Waals surface area contributed by atoms with E-state index in [0.29, 0.717) is 0 Å². The van der Waals surface area contributed by atoms with E-state index >= 15 is 0 Å². The summed E-state index contributed by atoms with van der Waals surface area (Å²) in [5, 5.41) is 0. The van der Waals surface area contributed by atoms with E-state index in [9.17, 15) is 0 Å². The highest BCUT2D eigenvalue weighted by atomic mass is 79.9. The molecule has 2 aromatic heterocycles. The molecule has 0 aliphatic carbocycles. The molecule has 0 atom stereocenters. The molecule has 2 heterocycles. The molecule has 5 heteroatoms. The first-order valence-corrected chi connectivity index (χ1v) is 5.62. The third-order valence-electron chi connectivity index (χ3n) is 2.15. The molecule has 0 N–H and O–H groups in total. The van der Waals surface area contributed by atoms with Crippen LogP contribution in [0.25, 0.3) is 0 Å². The third kappa shape index (κ3) is 2.76. The van der Waals surface area contributed by atoms with Gasteiger partial charge >= 0.3 is 0 Å². The summed E-state index contributed by atoms with van der Waals surface area (Å²) in [6, 6.07) is 5.86. The molecule has 0 aliphatic heterocycles. The lowest BCUT2D eigenvalue weighted by molar-refractivity contribution is 0.883. The van der Waals surface area contributed by atoms with Crippen molar-refractivity contribution in [1.29, 1.82) is 0 Å². The summed E-state index contributed by atoms with van der Waals surface area (Å²) in [6.45, 7) is 0.775. The largest absolute Gasteiger partial charge is 0.355 e. The summed E-state index contributed by atoms with van der Waals surface area (Å²) in [5.41, 5.74) is 1.15. The van der Waals surface area contributed by atoms with E-state index in [2.05, 4.69) is 30.9 Å². The molecule has 0 bridgehead atoms. The number of rotatable bonds is 3. The van der Waals surface area contributed by atoms with Crippen LogP contribution in [0.15, 0.2) is 41.5 Å². The average molecular weight is 279 g/mol. The highest BCUT2D eigenvalue weighted by Crippen LogP contribution is 2.15. The smallest absolute Gasteiger partial charge is 0.133 e. The molecule has 16 heavy (non-hydrogen) atoms. The van der Waals surface area contributed by atoms with Gasteiger partial charge in [-0.1, -0.05) is 6.07 Å². The van der Waals surface area contributed by atoms with E-state index in [4.69, 9.17) is 0 Å². The lowest BCUT2D eigenvalue weighted by Gasteiger charge is -2.17. The average Bonchev–Trinajstić information content (AvgIpc) is 2.30. The van der Waals surface area contributed by atoms with Gasteiger partial charge in [0.2, 0.25) is 0 Å². The number of nitrogens with zero attached hydrogens (tertiary/aromatic N) is 4. The molecular weight excluding hydrogens is 268 g/mol. The molecule has 0 saturated carbocycles. The number of hydrogen-bond acceptors (Lipinski definition) is 4. The number of aromatic nitrogens is 3. The van der Waals surface area contributed by atoms with Crippen LogP contribution in [0, 0.1) is 0 Å². The summed E-state index contributed by atoms with van der Waals surface area (Å²) < 4.78 is 0.788. The standard InChI is InChI=1S/C11H11BrN4/c1-16(7-9-3-2-4-13-6-9)11-5-10(12)14-8-15-11/h2-6,8H,7H2,1H3. The predicted molar refractivity (Wildman–Crippen MR) is 66.1 cm³/mol. The Morgan fingerprint density at radius 1 is 1.38 bits per heavy atom. The van der Waals surface area contributed by atoms with Crippen LogP contribution in [-0.2, 0) is 6.54 Å². The van der Waals surface area contributed by atoms with E-state index in [0.717, 1.165) is 22.5 Å². The quantitative estimate of drug-likeness (QED) is 0.808. The van der Waals surface area contributed by atoms with E-state index in [1.807, 2.05) is 36.3 Å². The van der Waals surface area contributed by atoms with Crippen molar-refractivity contribution in [2.24, 2.45) is 0 Å². The number of pyridine rings is 1. The number of anilines is 1. The number of hydrogen-bond donors (Lipinski definition) is 0. The third-order valence-corrected chi connectivity index (χ3v) is 2.59. The zero-order valence-electron chi connectivity index (χ0n) is 8.84. The molecular formula is C11H11BrN4.